The molecule has 0 atom stereocenters. The Morgan fingerprint density at radius 2 is 2.38 bits per heavy atom. The number of aryl methyl sites for hydroxylation is 1. The van der Waals surface area contributed by atoms with Crippen LogP contribution in [0.4, 0.5) is 0 Å². The second-order valence-corrected chi connectivity index (χ2v) is 3.35. The maximum Gasteiger partial charge on any atom is 0.311 e. The van der Waals surface area contributed by atoms with Gasteiger partial charge in [-0.1, -0.05) is 0 Å². The molecule has 0 radical (unpaired) electrons. The topological polar surface area (TPSA) is 68.0 Å². The fourth-order valence-electron chi connectivity index (χ4n) is 1.24. The van der Waals surface area contributed by atoms with E-state index >= 15 is 0 Å². The van der Waals surface area contributed by atoms with Crippen molar-refractivity contribution in [3.05, 3.63) is 11.6 Å². The van der Waals surface area contributed by atoms with E-state index in [2.05, 4.69) is 10.1 Å². The Hall–Kier alpha value is -1.39. The molecule has 70 valence electrons. The van der Waals surface area contributed by atoms with Crippen LogP contribution in [0, 0.1) is 0 Å². The van der Waals surface area contributed by atoms with Crippen LogP contribution in [0.25, 0.3) is 0 Å². The minimum Gasteiger partial charge on any atom is -0.481 e. The predicted molar refractivity (Wildman–Crippen MR) is 44.3 cm³/mol. The monoisotopic (exact) mass is 181 g/mol. The van der Waals surface area contributed by atoms with Crippen LogP contribution >= 0.6 is 0 Å². The van der Waals surface area contributed by atoms with E-state index < -0.39 is 5.97 Å². The Morgan fingerprint density at radius 1 is 1.69 bits per heavy atom. The van der Waals surface area contributed by atoms with Crippen LogP contribution in [0.1, 0.15) is 30.4 Å². The zero-order chi connectivity index (χ0) is 9.42. The van der Waals surface area contributed by atoms with E-state index in [1.807, 2.05) is 0 Å². The van der Waals surface area contributed by atoms with Gasteiger partial charge in [0.15, 0.2) is 5.82 Å². The molecule has 0 amide bonds. The molecular formula is C8H11N3O2. The second kappa shape index (κ2) is 2.83. The highest BCUT2D eigenvalue weighted by atomic mass is 16.4. The van der Waals surface area contributed by atoms with Gasteiger partial charge in [-0.15, -0.1) is 0 Å². The lowest BCUT2D eigenvalue weighted by atomic mass is 10.4. The summed E-state index contributed by atoms with van der Waals surface area (Å²) < 4.78 is 1.56. The standard InChI is InChI=1S/C8H11N3O2/c1-11-6(4-7(12)13)9-8(10-11)5-2-3-5/h5H,2-4H2,1H3,(H,12,13). The first-order chi connectivity index (χ1) is 6.16. The Bertz CT molecular complexity index is 341. The zero-order valence-electron chi connectivity index (χ0n) is 7.40. The maximum atomic E-state index is 10.4. The van der Waals surface area contributed by atoms with Gasteiger partial charge in [-0.2, -0.15) is 5.10 Å². The molecule has 1 N–H and O–H groups in total. The minimum atomic E-state index is -0.863. The van der Waals surface area contributed by atoms with Crippen LogP contribution in [0.15, 0.2) is 0 Å². The average Bonchev–Trinajstić information content (AvgIpc) is 2.79. The van der Waals surface area contributed by atoms with Gasteiger partial charge in [-0.05, 0) is 12.8 Å². The largest absolute Gasteiger partial charge is 0.481 e. The summed E-state index contributed by atoms with van der Waals surface area (Å²) >= 11 is 0. The van der Waals surface area contributed by atoms with Crippen molar-refractivity contribution in [2.45, 2.75) is 25.2 Å². The highest BCUT2D eigenvalue weighted by Gasteiger charge is 2.28. The Labute approximate surface area is 75.4 Å². The molecule has 0 aliphatic heterocycles. The molecule has 1 aromatic rings. The van der Waals surface area contributed by atoms with Crippen molar-refractivity contribution in [1.29, 1.82) is 0 Å². The molecule has 0 bridgehead atoms. The summed E-state index contributed by atoms with van der Waals surface area (Å²) in [6, 6.07) is 0. The highest BCUT2D eigenvalue weighted by molar-refractivity contribution is 5.69. The minimum absolute atomic E-state index is 0.0454. The smallest absolute Gasteiger partial charge is 0.311 e. The SMILES string of the molecule is Cn1nc(C2CC2)nc1CC(=O)O. The summed E-state index contributed by atoms with van der Waals surface area (Å²) in [6.07, 6.45) is 2.23. The molecule has 5 nitrogen and oxygen atoms in total. The molecule has 1 fully saturated rings. The second-order valence-electron chi connectivity index (χ2n) is 3.35. The number of hydrogen-bond acceptors (Lipinski definition) is 3. The van der Waals surface area contributed by atoms with E-state index in [0.717, 1.165) is 18.7 Å². The molecule has 0 aromatic carbocycles. The lowest BCUT2D eigenvalue weighted by Crippen LogP contribution is -2.06. The lowest BCUT2D eigenvalue weighted by Gasteiger charge is -1.92. The van der Waals surface area contributed by atoms with E-state index in [9.17, 15) is 4.79 Å². The third kappa shape index (κ3) is 1.68. The third-order valence-corrected chi connectivity index (χ3v) is 2.12. The summed E-state index contributed by atoms with van der Waals surface area (Å²) in [5, 5.41) is 12.7. The number of carbonyl (C=O) groups is 1. The van der Waals surface area contributed by atoms with Crippen molar-refractivity contribution < 1.29 is 9.90 Å². The first kappa shape index (κ1) is 8.22. The van der Waals surface area contributed by atoms with Crippen molar-refractivity contribution in [2.75, 3.05) is 0 Å². The maximum absolute atomic E-state index is 10.4. The van der Waals surface area contributed by atoms with Gasteiger partial charge < -0.3 is 5.11 Å². The number of rotatable bonds is 3. The van der Waals surface area contributed by atoms with Crippen molar-refractivity contribution in [2.24, 2.45) is 7.05 Å². The molecule has 1 aromatic heterocycles. The third-order valence-electron chi connectivity index (χ3n) is 2.12. The van der Waals surface area contributed by atoms with Crippen molar-refractivity contribution >= 4 is 5.97 Å². The summed E-state index contributed by atoms with van der Waals surface area (Å²) in [4.78, 5) is 14.6. The number of aromatic nitrogens is 3. The van der Waals surface area contributed by atoms with Crippen LogP contribution in [-0.2, 0) is 18.3 Å². The quantitative estimate of drug-likeness (QED) is 0.729. The highest BCUT2D eigenvalue weighted by Crippen LogP contribution is 2.37. The number of aliphatic carboxylic acids is 1. The fourth-order valence-corrected chi connectivity index (χ4v) is 1.24. The number of hydrogen-bond donors (Lipinski definition) is 1. The molecule has 0 saturated heterocycles. The van der Waals surface area contributed by atoms with Gasteiger partial charge in [0.05, 0.1) is 0 Å². The normalized spacial score (nSPS) is 16.1. The Balaban J connectivity index is 2.19. The summed E-state index contributed by atoms with van der Waals surface area (Å²) in [6.45, 7) is 0. The van der Waals surface area contributed by atoms with Gasteiger partial charge in [-0.3, -0.25) is 9.48 Å². The molecular weight excluding hydrogens is 170 g/mol. The number of nitrogens with zero attached hydrogens (tertiary/aromatic N) is 3. The van der Waals surface area contributed by atoms with Crippen LogP contribution in [-0.4, -0.2) is 25.8 Å². The Morgan fingerprint density at radius 3 is 2.92 bits per heavy atom. The predicted octanol–water partition coefficient (Wildman–Crippen LogP) is 0.320. The number of carboxylic acids is 1. The van der Waals surface area contributed by atoms with Gasteiger partial charge in [0.1, 0.15) is 12.2 Å². The summed E-state index contributed by atoms with van der Waals surface area (Å²) in [5.41, 5.74) is 0. The average molecular weight is 181 g/mol. The van der Waals surface area contributed by atoms with Crippen LogP contribution in [0.2, 0.25) is 0 Å². The molecule has 2 rings (SSSR count). The molecule has 5 heteroatoms. The first-order valence-corrected chi connectivity index (χ1v) is 4.28. The van der Waals surface area contributed by atoms with Gasteiger partial charge in [0, 0.05) is 13.0 Å². The van der Waals surface area contributed by atoms with E-state index in [4.69, 9.17) is 5.11 Å². The van der Waals surface area contributed by atoms with E-state index in [1.165, 1.54) is 0 Å². The van der Waals surface area contributed by atoms with Gasteiger partial charge in [0.2, 0.25) is 0 Å². The molecule has 13 heavy (non-hydrogen) atoms. The fraction of sp³-hybridized carbons (Fsp3) is 0.625. The summed E-state index contributed by atoms with van der Waals surface area (Å²) in [5.74, 6) is 0.958. The van der Waals surface area contributed by atoms with Crippen LogP contribution in [0.3, 0.4) is 0 Å². The van der Waals surface area contributed by atoms with Gasteiger partial charge >= 0.3 is 5.97 Å². The lowest BCUT2D eigenvalue weighted by molar-refractivity contribution is -0.136. The first-order valence-electron chi connectivity index (χ1n) is 4.28. The molecule has 1 saturated carbocycles. The van der Waals surface area contributed by atoms with E-state index in [0.29, 0.717) is 11.7 Å². The molecule has 0 spiro atoms. The molecule has 1 aliphatic carbocycles. The van der Waals surface area contributed by atoms with E-state index in [1.54, 1.807) is 11.7 Å². The van der Waals surface area contributed by atoms with Crippen LogP contribution in [0.5, 0.6) is 0 Å². The Kier molecular flexibility index (Phi) is 1.79. The zero-order valence-corrected chi connectivity index (χ0v) is 7.40. The molecule has 1 heterocycles. The van der Waals surface area contributed by atoms with E-state index in [-0.39, 0.29) is 6.42 Å². The van der Waals surface area contributed by atoms with Crippen LogP contribution < -0.4 is 0 Å². The van der Waals surface area contributed by atoms with Crippen molar-refractivity contribution in [3.63, 3.8) is 0 Å². The molecule has 0 unspecified atom stereocenters. The van der Waals surface area contributed by atoms with Gasteiger partial charge in [-0.25, -0.2) is 4.98 Å². The summed E-state index contributed by atoms with van der Waals surface area (Å²) in [7, 11) is 1.73. The van der Waals surface area contributed by atoms with Crippen molar-refractivity contribution in [3.8, 4) is 0 Å². The van der Waals surface area contributed by atoms with Crippen molar-refractivity contribution in [1.82, 2.24) is 14.8 Å². The number of carboxylic acid groups (broad SMARTS) is 1. The molecule has 1 aliphatic rings. The van der Waals surface area contributed by atoms with Gasteiger partial charge in [0.25, 0.3) is 0 Å².